The minimum Gasteiger partial charge on any atom is -0.497 e. The summed E-state index contributed by atoms with van der Waals surface area (Å²) < 4.78 is 5.11. The van der Waals surface area contributed by atoms with Gasteiger partial charge in [-0.05, 0) is 36.6 Å². The molecule has 138 valence electrons. The Morgan fingerprint density at radius 3 is 2.32 bits per heavy atom. The number of rotatable bonds is 7. The molecule has 1 heterocycles. The van der Waals surface area contributed by atoms with Gasteiger partial charge in [-0.1, -0.05) is 13.8 Å². The van der Waals surface area contributed by atoms with Crippen molar-refractivity contribution in [2.75, 3.05) is 46.4 Å². The van der Waals surface area contributed by atoms with Crippen molar-refractivity contribution in [2.45, 2.75) is 20.3 Å². The zero-order valence-electron chi connectivity index (χ0n) is 15.5. The van der Waals surface area contributed by atoms with Gasteiger partial charge >= 0.3 is 6.03 Å². The summed E-state index contributed by atoms with van der Waals surface area (Å²) >= 11 is 0. The molecule has 0 unspecified atom stereocenters. The standard InChI is InChI=1S/C19H29N3O3/c1-15(2)8-9-20-19(24)22-12-10-21(11-13-22)14-18(23)16-4-6-17(25-3)7-5-16/h4-7,15H,8-14H2,1-3H3,(H,20,24). The van der Waals surface area contributed by atoms with Gasteiger partial charge in [0.15, 0.2) is 5.78 Å². The number of piperazine rings is 1. The van der Waals surface area contributed by atoms with Gasteiger partial charge in [0.25, 0.3) is 0 Å². The van der Waals surface area contributed by atoms with Crippen molar-refractivity contribution in [2.24, 2.45) is 5.92 Å². The summed E-state index contributed by atoms with van der Waals surface area (Å²) in [5.41, 5.74) is 0.689. The first-order chi connectivity index (χ1) is 12.0. The van der Waals surface area contributed by atoms with Crippen molar-refractivity contribution in [3.63, 3.8) is 0 Å². The fourth-order valence-electron chi connectivity index (χ4n) is 2.76. The van der Waals surface area contributed by atoms with E-state index in [2.05, 4.69) is 24.1 Å². The molecule has 2 amide bonds. The molecule has 1 N–H and O–H groups in total. The minimum absolute atomic E-state index is 0.00165. The van der Waals surface area contributed by atoms with Crippen LogP contribution in [0.4, 0.5) is 4.79 Å². The Morgan fingerprint density at radius 2 is 1.76 bits per heavy atom. The second kappa shape index (κ2) is 9.42. The largest absolute Gasteiger partial charge is 0.497 e. The summed E-state index contributed by atoms with van der Waals surface area (Å²) in [5, 5.41) is 2.97. The van der Waals surface area contributed by atoms with Crippen LogP contribution in [0.25, 0.3) is 0 Å². The SMILES string of the molecule is COc1ccc(C(=O)CN2CCN(C(=O)NCCC(C)C)CC2)cc1. The Kier molecular flexibility index (Phi) is 7.25. The molecule has 1 fully saturated rings. The highest BCUT2D eigenvalue weighted by Crippen LogP contribution is 2.12. The van der Waals surface area contributed by atoms with E-state index in [1.165, 1.54) is 0 Å². The molecule has 0 aliphatic carbocycles. The van der Waals surface area contributed by atoms with E-state index in [-0.39, 0.29) is 11.8 Å². The van der Waals surface area contributed by atoms with E-state index in [0.29, 0.717) is 37.7 Å². The molecule has 1 aromatic rings. The van der Waals surface area contributed by atoms with Crippen LogP contribution in [0.3, 0.4) is 0 Å². The Bertz CT molecular complexity index is 564. The first-order valence-electron chi connectivity index (χ1n) is 8.92. The number of benzene rings is 1. The van der Waals surface area contributed by atoms with Crippen LogP contribution < -0.4 is 10.1 Å². The number of hydrogen-bond donors (Lipinski definition) is 1. The number of methoxy groups -OCH3 is 1. The highest BCUT2D eigenvalue weighted by molar-refractivity contribution is 5.97. The number of ketones is 1. The predicted octanol–water partition coefficient (Wildman–Crippen LogP) is 2.25. The number of urea groups is 1. The van der Waals surface area contributed by atoms with E-state index in [1.807, 2.05) is 4.90 Å². The number of nitrogens with zero attached hydrogens (tertiary/aromatic N) is 2. The summed E-state index contributed by atoms with van der Waals surface area (Å²) in [6.07, 6.45) is 0.988. The summed E-state index contributed by atoms with van der Waals surface area (Å²) in [7, 11) is 1.61. The van der Waals surface area contributed by atoms with Gasteiger partial charge in [-0.3, -0.25) is 9.69 Å². The smallest absolute Gasteiger partial charge is 0.317 e. The monoisotopic (exact) mass is 347 g/mol. The van der Waals surface area contributed by atoms with Crippen LogP contribution in [0.1, 0.15) is 30.6 Å². The molecule has 0 spiro atoms. The Hall–Kier alpha value is -2.08. The normalized spacial score (nSPS) is 15.3. The molecule has 0 saturated carbocycles. The molecular formula is C19H29N3O3. The number of carbonyl (C=O) groups is 2. The second-order valence-corrected chi connectivity index (χ2v) is 6.83. The quantitative estimate of drug-likeness (QED) is 0.769. The van der Waals surface area contributed by atoms with Crippen LogP contribution in [0.5, 0.6) is 5.75 Å². The van der Waals surface area contributed by atoms with Gasteiger partial charge in [-0.15, -0.1) is 0 Å². The lowest BCUT2D eigenvalue weighted by atomic mass is 10.1. The molecule has 6 heteroatoms. The molecule has 1 aromatic carbocycles. The lowest BCUT2D eigenvalue weighted by Crippen LogP contribution is -2.52. The molecule has 1 aliphatic rings. The van der Waals surface area contributed by atoms with Gasteiger partial charge in [0, 0.05) is 38.3 Å². The Morgan fingerprint density at radius 1 is 1.12 bits per heavy atom. The molecule has 6 nitrogen and oxygen atoms in total. The van der Waals surface area contributed by atoms with Gasteiger partial charge in [0.2, 0.25) is 0 Å². The van der Waals surface area contributed by atoms with Crippen molar-refractivity contribution in [3.05, 3.63) is 29.8 Å². The first kappa shape index (κ1) is 19.2. The number of nitrogens with one attached hydrogen (secondary N) is 1. The van der Waals surface area contributed by atoms with Crippen molar-refractivity contribution in [1.29, 1.82) is 0 Å². The predicted molar refractivity (Wildman–Crippen MR) is 98.2 cm³/mol. The molecule has 1 saturated heterocycles. The van der Waals surface area contributed by atoms with E-state index in [1.54, 1.807) is 31.4 Å². The average molecular weight is 347 g/mol. The molecule has 1 aliphatic heterocycles. The van der Waals surface area contributed by atoms with E-state index < -0.39 is 0 Å². The summed E-state index contributed by atoms with van der Waals surface area (Å²) in [5.74, 6) is 1.42. The van der Waals surface area contributed by atoms with Gasteiger partial charge in [0.1, 0.15) is 5.75 Å². The summed E-state index contributed by atoms with van der Waals surface area (Å²) in [6.45, 7) is 8.14. The number of hydrogen-bond acceptors (Lipinski definition) is 4. The lowest BCUT2D eigenvalue weighted by molar-refractivity contribution is 0.0878. The summed E-state index contributed by atoms with van der Waals surface area (Å²) in [6, 6.07) is 7.18. The third kappa shape index (κ3) is 6.05. The van der Waals surface area contributed by atoms with Crippen LogP contribution in [-0.2, 0) is 0 Å². The zero-order valence-corrected chi connectivity index (χ0v) is 15.5. The fraction of sp³-hybridized carbons (Fsp3) is 0.579. The maximum Gasteiger partial charge on any atom is 0.317 e. The van der Waals surface area contributed by atoms with Gasteiger partial charge < -0.3 is 15.0 Å². The molecular weight excluding hydrogens is 318 g/mol. The molecule has 2 rings (SSSR count). The van der Waals surface area contributed by atoms with Gasteiger partial charge in [0.05, 0.1) is 13.7 Å². The van der Waals surface area contributed by atoms with Gasteiger partial charge in [-0.2, -0.15) is 0 Å². The molecule has 0 bridgehead atoms. The van der Waals surface area contributed by atoms with E-state index in [0.717, 1.165) is 25.3 Å². The Balaban J connectivity index is 1.74. The molecule has 0 aromatic heterocycles. The maximum absolute atomic E-state index is 12.4. The molecule has 0 radical (unpaired) electrons. The van der Waals surface area contributed by atoms with Crippen molar-refractivity contribution in [1.82, 2.24) is 15.1 Å². The Labute approximate surface area is 150 Å². The number of amides is 2. The highest BCUT2D eigenvalue weighted by atomic mass is 16.5. The number of ether oxygens (including phenoxy) is 1. The summed E-state index contributed by atoms with van der Waals surface area (Å²) in [4.78, 5) is 28.4. The van der Waals surface area contributed by atoms with E-state index in [4.69, 9.17) is 4.74 Å². The molecule has 25 heavy (non-hydrogen) atoms. The van der Waals surface area contributed by atoms with E-state index >= 15 is 0 Å². The van der Waals surface area contributed by atoms with Crippen LogP contribution >= 0.6 is 0 Å². The minimum atomic E-state index is 0.00165. The van der Waals surface area contributed by atoms with Crippen molar-refractivity contribution in [3.8, 4) is 5.75 Å². The topological polar surface area (TPSA) is 61.9 Å². The van der Waals surface area contributed by atoms with Gasteiger partial charge in [-0.25, -0.2) is 4.79 Å². The third-order valence-corrected chi connectivity index (χ3v) is 4.44. The lowest BCUT2D eigenvalue weighted by Gasteiger charge is -2.34. The van der Waals surface area contributed by atoms with Crippen molar-refractivity contribution >= 4 is 11.8 Å². The third-order valence-electron chi connectivity index (χ3n) is 4.44. The first-order valence-corrected chi connectivity index (χ1v) is 8.92. The van der Waals surface area contributed by atoms with Crippen LogP contribution in [-0.4, -0.2) is 68.0 Å². The van der Waals surface area contributed by atoms with Crippen LogP contribution in [0.15, 0.2) is 24.3 Å². The van der Waals surface area contributed by atoms with Crippen LogP contribution in [0, 0.1) is 5.92 Å². The van der Waals surface area contributed by atoms with Crippen molar-refractivity contribution < 1.29 is 14.3 Å². The maximum atomic E-state index is 12.4. The highest BCUT2D eigenvalue weighted by Gasteiger charge is 2.22. The fourth-order valence-corrected chi connectivity index (χ4v) is 2.76. The van der Waals surface area contributed by atoms with E-state index in [9.17, 15) is 9.59 Å². The number of Topliss-reactive ketones (excluding diaryl/α,β-unsaturated/α-hetero) is 1. The zero-order chi connectivity index (χ0) is 18.2. The average Bonchev–Trinajstić information content (AvgIpc) is 2.62. The number of carbonyl (C=O) groups excluding carboxylic acids is 2. The second-order valence-electron chi connectivity index (χ2n) is 6.83. The molecule has 0 atom stereocenters. The van der Waals surface area contributed by atoms with Crippen LogP contribution in [0.2, 0.25) is 0 Å².